The van der Waals surface area contributed by atoms with Gasteiger partial charge >= 0.3 is 0 Å². The summed E-state index contributed by atoms with van der Waals surface area (Å²) in [6.07, 6.45) is 3.61. The number of aromatic nitrogens is 2. The fourth-order valence-electron chi connectivity index (χ4n) is 4.59. The number of hydrogen-bond donors (Lipinski definition) is 0. The standard InChI is InChI=1S/C23H14N.C11H8N.Ir/c1-2-9-19-17(7-1)18-8-3-4-10-20(18)22-15-16(12-13-21(19)22)23-11-5-6-14-24-23;1-2-6-10(7-3-1)11-8-4-5-9-12-11;/h1-11,13-15H;1-6,8-9H;/q2*-1;. The zero-order valence-corrected chi connectivity index (χ0v) is 22.3. The van der Waals surface area contributed by atoms with E-state index < -0.39 is 0 Å². The van der Waals surface area contributed by atoms with Gasteiger partial charge in [-0.1, -0.05) is 89.0 Å². The summed E-state index contributed by atoms with van der Waals surface area (Å²) in [6.45, 7) is 0. The van der Waals surface area contributed by atoms with Gasteiger partial charge in [-0.15, -0.1) is 59.7 Å². The van der Waals surface area contributed by atoms with Crippen LogP contribution in [0.1, 0.15) is 0 Å². The monoisotopic (exact) mass is 651 g/mol. The van der Waals surface area contributed by atoms with Crippen molar-refractivity contribution in [3.63, 3.8) is 0 Å². The molecule has 0 saturated heterocycles. The largest absolute Gasteiger partial charge is 0.305 e. The molecule has 0 atom stereocenters. The smallest absolute Gasteiger partial charge is 0.0160 e. The normalized spacial score (nSPS) is 10.5. The second kappa shape index (κ2) is 11.3. The van der Waals surface area contributed by atoms with E-state index in [1.165, 1.54) is 32.3 Å². The molecule has 0 unspecified atom stereocenters. The maximum absolute atomic E-state index is 4.47. The van der Waals surface area contributed by atoms with Gasteiger partial charge < -0.3 is 9.97 Å². The van der Waals surface area contributed by atoms with Crippen LogP contribution in [0, 0.1) is 12.1 Å². The van der Waals surface area contributed by atoms with Gasteiger partial charge in [0.2, 0.25) is 0 Å². The Labute approximate surface area is 230 Å². The molecular formula is C34H22IrN2-2. The Hall–Kier alpha value is -4.17. The summed E-state index contributed by atoms with van der Waals surface area (Å²) in [5.74, 6) is 0. The van der Waals surface area contributed by atoms with Crippen LogP contribution < -0.4 is 0 Å². The topological polar surface area (TPSA) is 25.8 Å². The van der Waals surface area contributed by atoms with Gasteiger partial charge in [0.05, 0.1) is 0 Å². The first kappa shape index (κ1) is 24.5. The summed E-state index contributed by atoms with van der Waals surface area (Å²) in [5.41, 5.74) is 4.00. The summed E-state index contributed by atoms with van der Waals surface area (Å²) >= 11 is 0. The van der Waals surface area contributed by atoms with Crippen molar-refractivity contribution in [1.29, 1.82) is 0 Å². The van der Waals surface area contributed by atoms with Crippen molar-refractivity contribution in [2.75, 3.05) is 0 Å². The van der Waals surface area contributed by atoms with Crippen LogP contribution in [0.15, 0.2) is 134 Å². The van der Waals surface area contributed by atoms with E-state index in [9.17, 15) is 0 Å². The van der Waals surface area contributed by atoms with Crippen LogP contribution in [0.4, 0.5) is 0 Å². The first-order valence-corrected chi connectivity index (χ1v) is 11.9. The molecule has 179 valence electrons. The van der Waals surface area contributed by atoms with Crippen LogP contribution in [0.3, 0.4) is 0 Å². The Balaban J connectivity index is 0.000000183. The molecule has 0 amide bonds. The fourth-order valence-corrected chi connectivity index (χ4v) is 4.59. The van der Waals surface area contributed by atoms with Crippen molar-refractivity contribution in [2.45, 2.75) is 0 Å². The predicted octanol–water partition coefficient (Wildman–Crippen LogP) is 8.55. The minimum Gasteiger partial charge on any atom is -0.305 e. The van der Waals surface area contributed by atoms with Crippen molar-refractivity contribution in [3.05, 3.63) is 146 Å². The average molecular weight is 651 g/mol. The van der Waals surface area contributed by atoms with E-state index in [1.54, 1.807) is 6.20 Å². The molecule has 0 N–H and O–H groups in total. The second-order valence-corrected chi connectivity index (χ2v) is 8.47. The van der Waals surface area contributed by atoms with E-state index in [-0.39, 0.29) is 20.1 Å². The molecular weight excluding hydrogens is 629 g/mol. The molecule has 7 rings (SSSR count). The Kier molecular flexibility index (Phi) is 7.46. The SMILES string of the molecule is [Ir].[c-]1cc2c3ccccc3c3ccccc3c2cc1-c1ccccn1.[c-]1ccccc1-c1ccccn1. The van der Waals surface area contributed by atoms with Gasteiger partial charge in [0.1, 0.15) is 0 Å². The van der Waals surface area contributed by atoms with E-state index in [0.717, 1.165) is 22.5 Å². The zero-order valence-electron chi connectivity index (χ0n) is 19.9. The molecule has 5 aromatic carbocycles. The van der Waals surface area contributed by atoms with Gasteiger partial charge in [0.25, 0.3) is 0 Å². The Morgan fingerprint density at radius 3 is 1.49 bits per heavy atom. The minimum absolute atomic E-state index is 0. The van der Waals surface area contributed by atoms with Crippen molar-refractivity contribution in [3.8, 4) is 22.5 Å². The third-order valence-electron chi connectivity index (χ3n) is 6.27. The molecule has 2 heterocycles. The molecule has 2 nitrogen and oxygen atoms in total. The van der Waals surface area contributed by atoms with Gasteiger partial charge in [-0.05, 0) is 39.7 Å². The number of pyridine rings is 2. The van der Waals surface area contributed by atoms with Gasteiger partial charge in [0.15, 0.2) is 0 Å². The van der Waals surface area contributed by atoms with Crippen molar-refractivity contribution < 1.29 is 20.1 Å². The van der Waals surface area contributed by atoms with Crippen LogP contribution in [0.25, 0.3) is 54.8 Å². The van der Waals surface area contributed by atoms with Gasteiger partial charge in [-0.2, -0.15) is 0 Å². The summed E-state index contributed by atoms with van der Waals surface area (Å²) in [5, 5.41) is 7.62. The van der Waals surface area contributed by atoms with Crippen molar-refractivity contribution in [1.82, 2.24) is 9.97 Å². The van der Waals surface area contributed by atoms with E-state index >= 15 is 0 Å². The molecule has 3 heteroatoms. The molecule has 0 fully saturated rings. The molecule has 0 spiro atoms. The quantitative estimate of drug-likeness (QED) is 0.138. The third kappa shape index (κ3) is 5.06. The molecule has 2 aromatic heterocycles. The van der Waals surface area contributed by atoms with Crippen LogP contribution in [0.5, 0.6) is 0 Å². The second-order valence-electron chi connectivity index (χ2n) is 8.47. The summed E-state index contributed by atoms with van der Waals surface area (Å²) in [7, 11) is 0. The third-order valence-corrected chi connectivity index (χ3v) is 6.27. The number of hydrogen-bond acceptors (Lipinski definition) is 2. The van der Waals surface area contributed by atoms with Gasteiger partial charge in [0, 0.05) is 32.5 Å². The Morgan fingerprint density at radius 2 is 0.946 bits per heavy atom. The molecule has 0 aliphatic rings. The molecule has 1 radical (unpaired) electrons. The van der Waals surface area contributed by atoms with Crippen LogP contribution in [-0.2, 0) is 20.1 Å². The first-order chi connectivity index (χ1) is 17.9. The number of rotatable bonds is 2. The molecule has 0 aliphatic carbocycles. The predicted molar refractivity (Wildman–Crippen MR) is 150 cm³/mol. The first-order valence-electron chi connectivity index (χ1n) is 11.9. The Bertz CT molecular complexity index is 1690. The van der Waals surface area contributed by atoms with Crippen molar-refractivity contribution >= 4 is 32.3 Å². The fraction of sp³-hybridized carbons (Fsp3) is 0. The maximum atomic E-state index is 4.47. The molecule has 7 aromatic rings. The Morgan fingerprint density at radius 1 is 0.432 bits per heavy atom. The minimum atomic E-state index is 0. The summed E-state index contributed by atoms with van der Waals surface area (Å²) in [6, 6.07) is 47.7. The molecule has 0 bridgehead atoms. The van der Waals surface area contributed by atoms with E-state index in [2.05, 4.69) is 82.8 Å². The van der Waals surface area contributed by atoms with Crippen molar-refractivity contribution in [2.24, 2.45) is 0 Å². The zero-order chi connectivity index (χ0) is 24.2. The van der Waals surface area contributed by atoms with E-state index in [1.807, 2.05) is 66.9 Å². The number of benzene rings is 5. The number of nitrogens with zero attached hydrogens (tertiary/aromatic N) is 2. The van der Waals surface area contributed by atoms with Gasteiger partial charge in [-0.3, -0.25) is 0 Å². The number of fused-ring (bicyclic) bond motifs is 6. The van der Waals surface area contributed by atoms with Crippen LogP contribution >= 0.6 is 0 Å². The van der Waals surface area contributed by atoms with Crippen LogP contribution in [-0.4, -0.2) is 9.97 Å². The molecule has 0 aliphatic heterocycles. The summed E-state index contributed by atoms with van der Waals surface area (Å²) < 4.78 is 0. The maximum Gasteiger partial charge on any atom is 0.0160 e. The van der Waals surface area contributed by atoms with Gasteiger partial charge in [-0.25, -0.2) is 0 Å². The molecule has 37 heavy (non-hydrogen) atoms. The van der Waals surface area contributed by atoms with Crippen LogP contribution in [0.2, 0.25) is 0 Å². The van der Waals surface area contributed by atoms with E-state index in [4.69, 9.17) is 0 Å². The van der Waals surface area contributed by atoms with E-state index in [0.29, 0.717) is 0 Å². The molecule has 0 saturated carbocycles. The summed E-state index contributed by atoms with van der Waals surface area (Å²) in [4.78, 5) is 8.68. The average Bonchev–Trinajstić information content (AvgIpc) is 2.99.